The summed E-state index contributed by atoms with van der Waals surface area (Å²) >= 11 is 0. The van der Waals surface area contributed by atoms with Gasteiger partial charge in [0.25, 0.3) is 0 Å². The average molecular weight is 341 g/mol. The highest BCUT2D eigenvalue weighted by molar-refractivity contribution is 6.11. The van der Waals surface area contributed by atoms with Crippen molar-refractivity contribution < 1.29 is 23.0 Å². The molecule has 1 aliphatic heterocycles. The fraction of sp³-hybridized carbons (Fsp3) is 0.0526. The van der Waals surface area contributed by atoms with E-state index in [1.807, 2.05) is 24.3 Å². The molecule has 2 aromatic carbocycles. The SMILES string of the molecule is COc1ccccc1C=CC=C1N=C(c2ccc(F)cc2F)OC1=O. The monoisotopic (exact) mass is 341 g/mol. The van der Waals surface area contributed by atoms with E-state index in [0.717, 1.165) is 11.6 Å². The molecule has 1 heterocycles. The maximum absolute atomic E-state index is 13.8. The molecule has 0 fully saturated rings. The van der Waals surface area contributed by atoms with Crippen molar-refractivity contribution in [3.05, 3.63) is 83.1 Å². The molecular formula is C19H13F2NO3. The number of halogens is 2. The maximum Gasteiger partial charge on any atom is 0.363 e. The van der Waals surface area contributed by atoms with E-state index in [-0.39, 0.29) is 17.2 Å². The van der Waals surface area contributed by atoms with Crippen LogP contribution >= 0.6 is 0 Å². The highest BCUT2D eigenvalue weighted by atomic mass is 19.1. The van der Waals surface area contributed by atoms with Gasteiger partial charge in [-0.15, -0.1) is 0 Å². The van der Waals surface area contributed by atoms with Crippen molar-refractivity contribution >= 4 is 17.9 Å². The predicted molar refractivity (Wildman–Crippen MR) is 89.1 cm³/mol. The number of allylic oxidation sites excluding steroid dienone is 2. The van der Waals surface area contributed by atoms with Crippen molar-refractivity contribution in [1.29, 1.82) is 0 Å². The molecule has 0 unspecified atom stereocenters. The van der Waals surface area contributed by atoms with Gasteiger partial charge in [0.05, 0.1) is 12.7 Å². The van der Waals surface area contributed by atoms with E-state index in [1.54, 1.807) is 19.3 Å². The number of esters is 1. The first-order chi connectivity index (χ1) is 12.1. The summed E-state index contributed by atoms with van der Waals surface area (Å²) in [5, 5.41) is 0. The normalized spacial score (nSPS) is 15.6. The molecule has 0 bridgehead atoms. The molecule has 0 atom stereocenters. The first kappa shape index (κ1) is 16.6. The molecular weight excluding hydrogens is 328 g/mol. The topological polar surface area (TPSA) is 47.9 Å². The van der Waals surface area contributed by atoms with Crippen LogP contribution < -0.4 is 4.74 Å². The summed E-state index contributed by atoms with van der Waals surface area (Å²) in [6.07, 6.45) is 4.80. The van der Waals surface area contributed by atoms with Crippen LogP contribution in [0, 0.1) is 11.6 Å². The quantitative estimate of drug-likeness (QED) is 0.626. The Labute approximate surface area is 142 Å². The van der Waals surface area contributed by atoms with E-state index in [4.69, 9.17) is 9.47 Å². The van der Waals surface area contributed by atoms with Gasteiger partial charge in [-0.25, -0.2) is 18.6 Å². The molecule has 4 nitrogen and oxygen atoms in total. The number of carbonyl (C=O) groups is 1. The Morgan fingerprint density at radius 3 is 2.72 bits per heavy atom. The summed E-state index contributed by atoms with van der Waals surface area (Å²) in [6, 6.07) is 10.3. The van der Waals surface area contributed by atoms with Crippen LogP contribution in [0.5, 0.6) is 5.75 Å². The van der Waals surface area contributed by atoms with Gasteiger partial charge in [0.2, 0.25) is 5.90 Å². The van der Waals surface area contributed by atoms with Crippen LogP contribution in [0.3, 0.4) is 0 Å². The molecule has 0 amide bonds. The van der Waals surface area contributed by atoms with Gasteiger partial charge in [-0.05, 0) is 24.3 Å². The van der Waals surface area contributed by atoms with Crippen molar-refractivity contribution in [3.8, 4) is 5.75 Å². The molecule has 126 valence electrons. The smallest absolute Gasteiger partial charge is 0.363 e. The molecule has 2 aromatic rings. The van der Waals surface area contributed by atoms with Crippen LogP contribution in [-0.2, 0) is 9.53 Å². The van der Waals surface area contributed by atoms with Crippen molar-refractivity contribution in [2.75, 3.05) is 7.11 Å². The largest absolute Gasteiger partial charge is 0.496 e. The van der Waals surface area contributed by atoms with Gasteiger partial charge in [0.15, 0.2) is 5.70 Å². The molecule has 25 heavy (non-hydrogen) atoms. The first-order valence-electron chi connectivity index (χ1n) is 7.36. The van der Waals surface area contributed by atoms with Gasteiger partial charge in [-0.1, -0.05) is 30.4 Å². The molecule has 0 saturated carbocycles. The number of carbonyl (C=O) groups excluding carboxylic acids is 1. The number of hydrogen-bond acceptors (Lipinski definition) is 4. The summed E-state index contributed by atoms with van der Waals surface area (Å²) in [7, 11) is 1.56. The number of hydrogen-bond donors (Lipinski definition) is 0. The average Bonchev–Trinajstić information content (AvgIpc) is 2.96. The van der Waals surface area contributed by atoms with Gasteiger partial charge >= 0.3 is 5.97 Å². The number of nitrogens with zero attached hydrogens (tertiary/aromatic N) is 1. The summed E-state index contributed by atoms with van der Waals surface area (Å²) < 4.78 is 36.9. The molecule has 0 saturated heterocycles. The highest BCUT2D eigenvalue weighted by Crippen LogP contribution is 2.21. The second kappa shape index (κ2) is 7.09. The third-order valence-electron chi connectivity index (χ3n) is 3.45. The molecule has 6 heteroatoms. The lowest BCUT2D eigenvalue weighted by molar-refractivity contribution is -0.130. The molecule has 0 radical (unpaired) electrons. The first-order valence-corrected chi connectivity index (χ1v) is 7.36. The van der Waals surface area contributed by atoms with Crippen LogP contribution in [0.25, 0.3) is 6.08 Å². The number of cyclic esters (lactones) is 1. The van der Waals surface area contributed by atoms with Crippen LogP contribution in [0.2, 0.25) is 0 Å². The zero-order valence-electron chi connectivity index (χ0n) is 13.2. The van der Waals surface area contributed by atoms with E-state index < -0.39 is 17.6 Å². The number of para-hydroxylation sites is 1. The van der Waals surface area contributed by atoms with Crippen molar-refractivity contribution in [2.24, 2.45) is 4.99 Å². The zero-order chi connectivity index (χ0) is 17.8. The minimum absolute atomic E-state index is 0.0184. The fourth-order valence-electron chi connectivity index (χ4n) is 2.25. The standard InChI is InChI=1S/C19H13F2NO3/c1-24-17-8-3-2-5-12(17)6-4-7-16-19(23)25-18(22-16)14-10-9-13(20)11-15(14)21/h2-11H,1H3. The predicted octanol–water partition coefficient (Wildman–Crippen LogP) is 3.87. The van der Waals surface area contributed by atoms with Crippen molar-refractivity contribution in [1.82, 2.24) is 0 Å². The Hall–Kier alpha value is -3.28. The van der Waals surface area contributed by atoms with E-state index in [0.29, 0.717) is 11.8 Å². The lowest BCUT2D eigenvalue weighted by Gasteiger charge is -2.02. The Bertz CT molecular complexity index is 917. The third-order valence-corrected chi connectivity index (χ3v) is 3.45. The summed E-state index contributed by atoms with van der Waals surface area (Å²) in [5.74, 6) is -1.79. The Balaban J connectivity index is 1.85. The van der Waals surface area contributed by atoms with Gasteiger partial charge in [0.1, 0.15) is 17.4 Å². The van der Waals surface area contributed by atoms with E-state index in [1.165, 1.54) is 12.1 Å². The van der Waals surface area contributed by atoms with Crippen molar-refractivity contribution in [2.45, 2.75) is 0 Å². The Kier molecular flexibility index (Phi) is 4.70. The lowest BCUT2D eigenvalue weighted by Crippen LogP contribution is -2.07. The van der Waals surface area contributed by atoms with E-state index >= 15 is 0 Å². The summed E-state index contributed by atoms with van der Waals surface area (Å²) in [4.78, 5) is 15.8. The minimum Gasteiger partial charge on any atom is -0.496 e. The molecule has 0 N–H and O–H groups in total. The summed E-state index contributed by atoms with van der Waals surface area (Å²) in [6.45, 7) is 0. The summed E-state index contributed by atoms with van der Waals surface area (Å²) in [5.41, 5.74) is 0.763. The number of ether oxygens (including phenoxy) is 2. The van der Waals surface area contributed by atoms with E-state index in [9.17, 15) is 13.6 Å². The number of aliphatic imine (C=N–C) groups is 1. The molecule has 1 aliphatic rings. The lowest BCUT2D eigenvalue weighted by atomic mass is 10.2. The van der Waals surface area contributed by atoms with Crippen LogP contribution in [0.1, 0.15) is 11.1 Å². The van der Waals surface area contributed by atoms with Gasteiger partial charge < -0.3 is 9.47 Å². The van der Waals surface area contributed by atoms with Gasteiger partial charge in [0, 0.05) is 11.6 Å². The van der Waals surface area contributed by atoms with Crippen LogP contribution in [0.4, 0.5) is 8.78 Å². The van der Waals surface area contributed by atoms with Gasteiger partial charge in [-0.3, -0.25) is 0 Å². The molecule has 0 aromatic heterocycles. The van der Waals surface area contributed by atoms with Crippen LogP contribution in [0.15, 0.2) is 65.3 Å². The minimum atomic E-state index is -0.850. The maximum atomic E-state index is 13.8. The zero-order valence-corrected chi connectivity index (χ0v) is 13.2. The molecule has 0 aliphatic carbocycles. The highest BCUT2D eigenvalue weighted by Gasteiger charge is 2.25. The van der Waals surface area contributed by atoms with Crippen LogP contribution in [-0.4, -0.2) is 19.0 Å². The van der Waals surface area contributed by atoms with E-state index in [2.05, 4.69) is 4.99 Å². The fourth-order valence-corrected chi connectivity index (χ4v) is 2.25. The second-order valence-corrected chi connectivity index (χ2v) is 5.08. The Morgan fingerprint density at radius 1 is 1.16 bits per heavy atom. The number of rotatable bonds is 4. The van der Waals surface area contributed by atoms with Crippen molar-refractivity contribution in [3.63, 3.8) is 0 Å². The molecule has 3 rings (SSSR count). The second-order valence-electron chi connectivity index (χ2n) is 5.08. The number of benzene rings is 2. The van der Waals surface area contributed by atoms with Gasteiger partial charge in [-0.2, -0.15) is 0 Å². The number of methoxy groups -OCH3 is 1. The Morgan fingerprint density at radius 2 is 1.96 bits per heavy atom. The third kappa shape index (κ3) is 3.63. The molecule has 0 spiro atoms.